The zero-order valence-corrected chi connectivity index (χ0v) is 10.6. The molecule has 1 saturated carbocycles. The number of hydrogen-bond acceptors (Lipinski definition) is 2. The monoisotopic (exact) mass is 256 g/mol. The Labute approximate surface area is 111 Å². The maximum absolute atomic E-state index is 11.0. The number of ether oxygens (including phenoxy) is 1. The van der Waals surface area contributed by atoms with E-state index in [0.717, 1.165) is 35.8 Å². The van der Waals surface area contributed by atoms with Crippen molar-refractivity contribution in [1.29, 1.82) is 0 Å². The zero-order chi connectivity index (χ0) is 13.3. The van der Waals surface area contributed by atoms with Crippen LogP contribution in [0.5, 0.6) is 5.75 Å². The molecule has 3 heteroatoms. The maximum Gasteiger partial charge on any atom is 0.307 e. The number of fused-ring (bicyclic) bond motifs is 1. The minimum Gasteiger partial charge on any atom is -0.486 e. The second-order valence-electron chi connectivity index (χ2n) is 5.19. The van der Waals surface area contributed by atoms with Crippen LogP contribution in [-0.2, 0) is 4.79 Å². The topological polar surface area (TPSA) is 46.5 Å². The molecule has 0 radical (unpaired) electrons. The average Bonchev–Trinajstić information content (AvgIpc) is 2.36. The van der Waals surface area contributed by atoms with Crippen molar-refractivity contribution in [3.63, 3.8) is 0 Å². The summed E-state index contributed by atoms with van der Waals surface area (Å²) in [6, 6.07) is 13.9. The van der Waals surface area contributed by atoms with Gasteiger partial charge in [0.2, 0.25) is 0 Å². The summed E-state index contributed by atoms with van der Waals surface area (Å²) < 4.78 is 6.08. The highest BCUT2D eigenvalue weighted by molar-refractivity contribution is 5.88. The van der Waals surface area contributed by atoms with Crippen molar-refractivity contribution in [2.45, 2.75) is 31.3 Å². The molecule has 0 bridgehead atoms. The summed E-state index contributed by atoms with van der Waals surface area (Å²) in [5.74, 6) is -0.000938. The van der Waals surface area contributed by atoms with Gasteiger partial charge in [0, 0.05) is 5.39 Å². The molecular weight excluding hydrogens is 240 g/mol. The molecule has 0 heterocycles. The summed E-state index contributed by atoms with van der Waals surface area (Å²) in [7, 11) is 0. The number of rotatable bonds is 4. The van der Waals surface area contributed by atoms with Gasteiger partial charge in [0.05, 0.1) is 6.42 Å². The van der Waals surface area contributed by atoms with Gasteiger partial charge in [0.1, 0.15) is 11.4 Å². The third kappa shape index (κ3) is 2.28. The van der Waals surface area contributed by atoms with E-state index in [2.05, 4.69) is 0 Å². The summed E-state index contributed by atoms with van der Waals surface area (Å²) in [5, 5.41) is 11.2. The predicted octanol–water partition coefficient (Wildman–Crippen LogP) is 3.62. The molecular formula is C16H16O3. The van der Waals surface area contributed by atoms with Gasteiger partial charge in [0.15, 0.2) is 0 Å². The normalized spacial score (nSPS) is 16.8. The van der Waals surface area contributed by atoms with Gasteiger partial charge in [-0.15, -0.1) is 0 Å². The molecule has 0 unspecified atom stereocenters. The Morgan fingerprint density at radius 1 is 1.16 bits per heavy atom. The van der Waals surface area contributed by atoms with Gasteiger partial charge < -0.3 is 9.84 Å². The Balaban J connectivity index is 1.94. The number of aliphatic carboxylic acids is 1. The molecule has 1 aliphatic rings. The van der Waals surface area contributed by atoms with E-state index in [9.17, 15) is 4.79 Å². The molecule has 0 aromatic heterocycles. The van der Waals surface area contributed by atoms with E-state index in [1.165, 1.54) is 0 Å². The fourth-order valence-corrected chi connectivity index (χ4v) is 2.68. The first kappa shape index (κ1) is 12.0. The molecule has 0 amide bonds. The first-order valence-corrected chi connectivity index (χ1v) is 6.57. The fourth-order valence-electron chi connectivity index (χ4n) is 2.68. The summed E-state index contributed by atoms with van der Waals surface area (Å²) in [6.45, 7) is 0. The van der Waals surface area contributed by atoms with Crippen LogP contribution in [0.15, 0.2) is 42.5 Å². The standard InChI is InChI=1S/C16H16O3/c17-15(18)11-16(9-4-10-16)19-14-8-3-6-12-5-1-2-7-13(12)14/h1-3,5-8H,4,9-11H2,(H,17,18). The van der Waals surface area contributed by atoms with Crippen molar-refractivity contribution >= 4 is 16.7 Å². The van der Waals surface area contributed by atoms with E-state index >= 15 is 0 Å². The van der Waals surface area contributed by atoms with E-state index < -0.39 is 11.6 Å². The molecule has 0 atom stereocenters. The Bertz CT molecular complexity index is 609. The molecule has 19 heavy (non-hydrogen) atoms. The third-order valence-electron chi connectivity index (χ3n) is 3.81. The van der Waals surface area contributed by atoms with Crippen molar-refractivity contribution < 1.29 is 14.6 Å². The van der Waals surface area contributed by atoms with Crippen LogP contribution in [-0.4, -0.2) is 16.7 Å². The van der Waals surface area contributed by atoms with E-state index in [0.29, 0.717) is 0 Å². The van der Waals surface area contributed by atoms with Gasteiger partial charge in [-0.1, -0.05) is 36.4 Å². The van der Waals surface area contributed by atoms with Crippen LogP contribution in [0.2, 0.25) is 0 Å². The zero-order valence-electron chi connectivity index (χ0n) is 10.6. The highest BCUT2D eigenvalue weighted by atomic mass is 16.5. The fraction of sp³-hybridized carbons (Fsp3) is 0.312. The molecule has 0 spiro atoms. The Morgan fingerprint density at radius 3 is 2.58 bits per heavy atom. The van der Waals surface area contributed by atoms with Gasteiger partial charge in [-0.2, -0.15) is 0 Å². The number of benzene rings is 2. The summed E-state index contributed by atoms with van der Waals surface area (Å²) >= 11 is 0. The third-order valence-corrected chi connectivity index (χ3v) is 3.81. The van der Waals surface area contributed by atoms with E-state index in [1.807, 2.05) is 42.5 Å². The lowest BCUT2D eigenvalue weighted by Crippen LogP contribution is -2.45. The Kier molecular flexibility index (Phi) is 2.90. The van der Waals surface area contributed by atoms with Crippen molar-refractivity contribution in [2.75, 3.05) is 0 Å². The van der Waals surface area contributed by atoms with Crippen LogP contribution >= 0.6 is 0 Å². The smallest absolute Gasteiger partial charge is 0.307 e. The first-order valence-electron chi connectivity index (χ1n) is 6.57. The lowest BCUT2D eigenvalue weighted by Gasteiger charge is -2.41. The Hall–Kier alpha value is -2.03. The van der Waals surface area contributed by atoms with Crippen molar-refractivity contribution in [2.24, 2.45) is 0 Å². The lowest BCUT2D eigenvalue weighted by molar-refractivity contribution is -0.144. The van der Waals surface area contributed by atoms with E-state index in [1.54, 1.807) is 0 Å². The molecule has 0 saturated heterocycles. The van der Waals surface area contributed by atoms with Crippen LogP contribution < -0.4 is 4.74 Å². The van der Waals surface area contributed by atoms with E-state index in [-0.39, 0.29) is 6.42 Å². The predicted molar refractivity (Wildman–Crippen MR) is 73.4 cm³/mol. The minimum atomic E-state index is -0.792. The van der Waals surface area contributed by atoms with Gasteiger partial charge >= 0.3 is 5.97 Å². The Morgan fingerprint density at radius 2 is 1.89 bits per heavy atom. The summed E-state index contributed by atoms with van der Waals surface area (Å²) in [4.78, 5) is 11.0. The van der Waals surface area contributed by atoms with Crippen molar-refractivity contribution in [3.05, 3.63) is 42.5 Å². The molecule has 1 N–H and O–H groups in total. The largest absolute Gasteiger partial charge is 0.486 e. The van der Waals surface area contributed by atoms with Crippen molar-refractivity contribution in [1.82, 2.24) is 0 Å². The van der Waals surface area contributed by atoms with Gasteiger partial charge in [-0.05, 0) is 30.7 Å². The number of carboxylic acids is 1. The van der Waals surface area contributed by atoms with Crippen LogP contribution in [0.1, 0.15) is 25.7 Å². The molecule has 1 aliphatic carbocycles. The van der Waals surface area contributed by atoms with E-state index in [4.69, 9.17) is 9.84 Å². The maximum atomic E-state index is 11.0. The first-order chi connectivity index (χ1) is 9.19. The molecule has 2 aromatic rings. The molecule has 0 aliphatic heterocycles. The lowest BCUT2D eigenvalue weighted by atomic mass is 9.77. The second kappa shape index (κ2) is 4.57. The van der Waals surface area contributed by atoms with Crippen molar-refractivity contribution in [3.8, 4) is 5.75 Å². The quantitative estimate of drug-likeness (QED) is 0.908. The number of carboxylic acid groups (broad SMARTS) is 1. The van der Waals surface area contributed by atoms with Crippen LogP contribution in [0.4, 0.5) is 0 Å². The molecule has 3 rings (SSSR count). The molecule has 2 aromatic carbocycles. The van der Waals surface area contributed by atoms with Gasteiger partial charge in [0.25, 0.3) is 0 Å². The highest BCUT2D eigenvalue weighted by Gasteiger charge is 2.41. The van der Waals surface area contributed by atoms with Crippen LogP contribution in [0.25, 0.3) is 10.8 Å². The summed E-state index contributed by atoms with van der Waals surface area (Å²) in [5.41, 5.74) is -0.504. The highest BCUT2D eigenvalue weighted by Crippen LogP contribution is 2.41. The molecule has 98 valence electrons. The number of hydrogen-bond donors (Lipinski definition) is 1. The van der Waals surface area contributed by atoms with Gasteiger partial charge in [-0.3, -0.25) is 4.79 Å². The van der Waals surface area contributed by atoms with Crippen LogP contribution in [0.3, 0.4) is 0 Å². The van der Waals surface area contributed by atoms with Gasteiger partial charge in [-0.25, -0.2) is 0 Å². The minimum absolute atomic E-state index is 0.0796. The molecule has 3 nitrogen and oxygen atoms in total. The average molecular weight is 256 g/mol. The van der Waals surface area contributed by atoms with Crippen LogP contribution in [0, 0.1) is 0 Å². The summed E-state index contributed by atoms with van der Waals surface area (Å²) in [6.07, 6.45) is 2.76. The second-order valence-corrected chi connectivity index (χ2v) is 5.19. The SMILES string of the molecule is O=C(O)CC1(Oc2cccc3ccccc23)CCC1. The number of carbonyl (C=O) groups is 1. The molecule has 1 fully saturated rings.